The third kappa shape index (κ3) is 3.18. The number of nitrogen functional groups attached to an aromatic ring is 1. The second kappa shape index (κ2) is 6.43. The van der Waals surface area contributed by atoms with Gasteiger partial charge in [-0.15, -0.1) is 0 Å². The Balaban J connectivity index is 1.58. The first-order chi connectivity index (χ1) is 10.3. The monoisotopic (exact) mass is 288 g/mol. The number of aromatic nitrogens is 1. The van der Waals surface area contributed by atoms with Gasteiger partial charge < -0.3 is 15.5 Å². The lowest BCUT2D eigenvalue weighted by molar-refractivity contribution is 0.0590. The molecular formula is C16H24N4O. The minimum absolute atomic E-state index is 0.0256. The zero-order valence-electron chi connectivity index (χ0n) is 12.5. The van der Waals surface area contributed by atoms with Gasteiger partial charge in [0.2, 0.25) is 0 Å². The standard InChI is InChI=1S/C16H24N4O/c17-15-4-7-18-12-14(15)16(21)20-10-5-13(6-11-20)19-8-2-1-3-9-19/h4,7,12-13H,1-3,5-6,8-11H2,(H2,17,18). The number of anilines is 1. The van der Waals surface area contributed by atoms with E-state index in [0.717, 1.165) is 25.9 Å². The lowest BCUT2D eigenvalue weighted by atomic mass is 9.99. The molecule has 21 heavy (non-hydrogen) atoms. The molecule has 3 rings (SSSR count). The summed E-state index contributed by atoms with van der Waals surface area (Å²) in [5.74, 6) is 0.0256. The minimum atomic E-state index is 0.0256. The number of piperidine rings is 2. The molecular weight excluding hydrogens is 264 g/mol. The first kappa shape index (κ1) is 14.3. The molecule has 0 radical (unpaired) electrons. The van der Waals surface area contributed by atoms with E-state index in [0.29, 0.717) is 17.3 Å². The lowest BCUT2D eigenvalue weighted by Gasteiger charge is -2.40. The van der Waals surface area contributed by atoms with Crippen molar-refractivity contribution >= 4 is 11.6 Å². The normalized spacial score (nSPS) is 21.4. The Morgan fingerprint density at radius 2 is 1.86 bits per heavy atom. The Morgan fingerprint density at radius 1 is 1.14 bits per heavy atom. The van der Waals surface area contributed by atoms with Gasteiger partial charge in [0.05, 0.1) is 5.56 Å². The maximum atomic E-state index is 12.5. The summed E-state index contributed by atoms with van der Waals surface area (Å²) in [7, 11) is 0. The van der Waals surface area contributed by atoms with E-state index in [-0.39, 0.29) is 5.91 Å². The number of rotatable bonds is 2. The van der Waals surface area contributed by atoms with Crippen LogP contribution in [0.5, 0.6) is 0 Å². The fourth-order valence-corrected chi connectivity index (χ4v) is 3.47. The van der Waals surface area contributed by atoms with Gasteiger partial charge in [-0.3, -0.25) is 9.78 Å². The van der Waals surface area contributed by atoms with Crippen molar-refractivity contribution in [2.75, 3.05) is 31.9 Å². The molecule has 114 valence electrons. The molecule has 0 saturated carbocycles. The van der Waals surface area contributed by atoms with Crippen molar-refractivity contribution in [1.82, 2.24) is 14.8 Å². The Hall–Kier alpha value is -1.62. The SMILES string of the molecule is Nc1ccncc1C(=O)N1CCC(N2CCCCC2)CC1. The summed E-state index contributed by atoms with van der Waals surface area (Å²) in [5, 5.41) is 0. The van der Waals surface area contributed by atoms with Gasteiger partial charge in [-0.2, -0.15) is 0 Å². The van der Waals surface area contributed by atoms with Gasteiger partial charge in [0.15, 0.2) is 0 Å². The second-order valence-electron chi connectivity index (χ2n) is 6.08. The average Bonchev–Trinajstić information content (AvgIpc) is 2.56. The molecule has 2 fully saturated rings. The highest BCUT2D eigenvalue weighted by Crippen LogP contribution is 2.22. The number of amides is 1. The first-order valence-corrected chi connectivity index (χ1v) is 7.98. The summed E-state index contributed by atoms with van der Waals surface area (Å²) in [6.07, 6.45) is 9.37. The molecule has 2 saturated heterocycles. The third-order valence-electron chi connectivity index (χ3n) is 4.74. The molecule has 0 atom stereocenters. The van der Waals surface area contributed by atoms with Crippen LogP contribution in [0.15, 0.2) is 18.5 Å². The highest BCUT2D eigenvalue weighted by Gasteiger charge is 2.28. The predicted molar refractivity (Wildman–Crippen MR) is 83.0 cm³/mol. The van der Waals surface area contributed by atoms with E-state index in [1.807, 2.05) is 4.90 Å². The van der Waals surface area contributed by atoms with Crippen LogP contribution in [-0.4, -0.2) is 52.9 Å². The van der Waals surface area contributed by atoms with Gasteiger partial charge in [0.25, 0.3) is 5.91 Å². The molecule has 0 bridgehead atoms. The fourth-order valence-electron chi connectivity index (χ4n) is 3.47. The number of carbonyl (C=O) groups excluding carboxylic acids is 1. The Kier molecular flexibility index (Phi) is 4.39. The van der Waals surface area contributed by atoms with Crippen molar-refractivity contribution in [3.8, 4) is 0 Å². The molecule has 1 aromatic heterocycles. The number of likely N-dealkylation sites (tertiary alicyclic amines) is 2. The minimum Gasteiger partial charge on any atom is -0.398 e. The molecule has 2 N–H and O–H groups in total. The van der Waals surface area contributed by atoms with E-state index in [1.165, 1.54) is 32.4 Å². The summed E-state index contributed by atoms with van der Waals surface area (Å²) < 4.78 is 0. The first-order valence-electron chi connectivity index (χ1n) is 7.98. The molecule has 5 heteroatoms. The maximum Gasteiger partial charge on any atom is 0.257 e. The quantitative estimate of drug-likeness (QED) is 0.900. The van der Waals surface area contributed by atoms with Gasteiger partial charge in [-0.1, -0.05) is 6.42 Å². The van der Waals surface area contributed by atoms with Crippen LogP contribution in [0.3, 0.4) is 0 Å². The summed E-state index contributed by atoms with van der Waals surface area (Å²) in [4.78, 5) is 21.0. The predicted octanol–water partition coefficient (Wildman–Crippen LogP) is 1.75. The molecule has 2 aliphatic heterocycles. The van der Waals surface area contributed by atoms with Gasteiger partial charge in [0.1, 0.15) is 0 Å². The molecule has 1 aromatic rings. The van der Waals surface area contributed by atoms with Crippen molar-refractivity contribution in [2.24, 2.45) is 0 Å². The Labute approximate surface area is 126 Å². The van der Waals surface area contributed by atoms with Crippen LogP contribution in [0.2, 0.25) is 0 Å². The van der Waals surface area contributed by atoms with E-state index in [1.54, 1.807) is 18.5 Å². The second-order valence-corrected chi connectivity index (χ2v) is 6.08. The number of hydrogen-bond donors (Lipinski definition) is 1. The van der Waals surface area contributed by atoms with Crippen LogP contribution < -0.4 is 5.73 Å². The van der Waals surface area contributed by atoms with E-state index in [2.05, 4.69) is 9.88 Å². The zero-order valence-corrected chi connectivity index (χ0v) is 12.5. The van der Waals surface area contributed by atoms with Crippen LogP contribution >= 0.6 is 0 Å². The van der Waals surface area contributed by atoms with E-state index in [9.17, 15) is 4.79 Å². The van der Waals surface area contributed by atoms with Gasteiger partial charge in [0, 0.05) is 37.2 Å². The molecule has 0 unspecified atom stereocenters. The van der Waals surface area contributed by atoms with Gasteiger partial charge in [-0.25, -0.2) is 0 Å². The Morgan fingerprint density at radius 3 is 2.52 bits per heavy atom. The fraction of sp³-hybridized carbons (Fsp3) is 0.625. The summed E-state index contributed by atoms with van der Waals surface area (Å²) in [6.45, 7) is 4.12. The Bertz CT molecular complexity index is 491. The molecule has 0 aromatic carbocycles. The van der Waals surface area contributed by atoms with Crippen LogP contribution in [0, 0.1) is 0 Å². The van der Waals surface area contributed by atoms with Crippen molar-refractivity contribution in [3.63, 3.8) is 0 Å². The highest BCUT2D eigenvalue weighted by molar-refractivity contribution is 5.98. The van der Waals surface area contributed by atoms with Crippen LogP contribution in [-0.2, 0) is 0 Å². The largest absolute Gasteiger partial charge is 0.398 e. The van der Waals surface area contributed by atoms with E-state index < -0.39 is 0 Å². The molecule has 2 aliphatic rings. The lowest BCUT2D eigenvalue weighted by Crippen LogP contribution is -2.48. The van der Waals surface area contributed by atoms with Crippen LogP contribution in [0.4, 0.5) is 5.69 Å². The van der Waals surface area contributed by atoms with E-state index in [4.69, 9.17) is 5.73 Å². The maximum absolute atomic E-state index is 12.5. The number of nitrogens with zero attached hydrogens (tertiary/aromatic N) is 3. The molecule has 3 heterocycles. The smallest absolute Gasteiger partial charge is 0.257 e. The molecule has 0 spiro atoms. The van der Waals surface area contributed by atoms with E-state index >= 15 is 0 Å². The van der Waals surface area contributed by atoms with Crippen molar-refractivity contribution in [2.45, 2.75) is 38.1 Å². The van der Waals surface area contributed by atoms with Crippen LogP contribution in [0.25, 0.3) is 0 Å². The third-order valence-corrected chi connectivity index (χ3v) is 4.74. The number of carbonyl (C=O) groups is 1. The summed E-state index contributed by atoms with van der Waals surface area (Å²) in [5.41, 5.74) is 6.93. The summed E-state index contributed by atoms with van der Waals surface area (Å²) in [6, 6.07) is 2.34. The molecule has 0 aliphatic carbocycles. The zero-order chi connectivity index (χ0) is 14.7. The number of pyridine rings is 1. The molecule has 5 nitrogen and oxygen atoms in total. The van der Waals surface area contributed by atoms with Crippen LogP contribution in [0.1, 0.15) is 42.5 Å². The van der Waals surface area contributed by atoms with Crippen molar-refractivity contribution in [3.05, 3.63) is 24.0 Å². The highest BCUT2D eigenvalue weighted by atomic mass is 16.2. The number of nitrogens with two attached hydrogens (primary N) is 1. The van der Waals surface area contributed by atoms with Gasteiger partial charge in [-0.05, 0) is 44.8 Å². The summed E-state index contributed by atoms with van der Waals surface area (Å²) >= 11 is 0. The van der Waals surface area contributed by atoms with Gasteiger partial charge >= 0.3 is 0 Å². The number of hydrogen-bond acceptors (Lipinski definition) is 4. The van der Waals surface area contributed by atoms with Crippen molar-refractivity contribution < 1.29 is 4.79 Å². The van der Waals surface area contributed by atoms with Crippen molar-refractivity contribution in [1.29, 1.82) is 0 Å². The topological polar surface area (TPSA) is 62.5 Å². The average molecular weight is 288 g/mol. The molecule has 1 amide bonds.